The third kappa shape index (κ3) is 1.61. The molecule has 4 heteroatoms. The van der Waals surface area contributed by atoms with Crippen molar-refractivity contribution < 1.29 is 9.52 Å². The van der Waals surface area contributed by atoms with Gasteiger partial charge >= 0.3 is 0 Å². The lowest BCUT2D eigenvalue weighted by Gasteiger charge is -2.08. The number of carbonyl (C=O) groups is 1. The van der Waals surface area contributed by atoms with Gasteiger partial charge in [-0.15, -0.1) is 0 Å². The minimum Gasteiger partial charge on any atom is -0.619 e. The van der Waals surface area contributed by atoms with Gasteiger partial charge in [-0.05, 0) is 12.5 Å². The van der Waals surface area contributed by atoms with E-state index < -0.39 is 0 Å². The average Bonchev–Trinajstić information content (AvgIpc) is 2.52. The van der Waals surface area contributed by atoms with E-state index in [4.69, 9.17) is 0 Å². The predicted molar refractivity (Wildman–Crippen MR) is 45.5 cm³/mol. The Morgan fingerprint density at radius 3 is 3.08 bits per heavy atom. The van der Waals surface area contributed by atoms with Gasteiger partial charge in [0, 0.05) is 18.1 Å². The lowest BCUT2D eigenvalue weighted by Crippen LogP contribution is -2.27. The van der Waals surface area contributed by atoms with Gasteiger partial charge < -0.3 is 10.5 Å². The zero-order valence-corrected chi connectivity index (χ0v) is 7.06. The highest BCUT2D eigenvalue weighted by molar-refractivity contribution is 5.78. The standard InChI is InChI=1S/C9H10N2O2/c12-9-4-3-8(10-9)7-2-1-5-11(13)6-7/h1-2,5-6,8H,3-4H2,(H,10,12). The van der Waals surface area contributed by atoms with Crippen molar-refractivity contribution in [3.05, 3.63) is 35.3 Å². The van der Waals surface area contributed by atoms with E-state index in [0.717, 1.165) is 16.7 Å². The molecule has 0 aliphatic carbocycles. The second kappa shape index (κ2) is 3.05. The summed E-state index contributed by atoms with van der Waals surface area (Å²) in [5.41, 5.74) is 0.878. The monoisotopic (exact) mass is 178 g/mol. The topological polar surface area (TPSA) is 56.0 Å². The Bertz CT molecular complexity index is 338. The van der Waals surface area contributed by atoms with Gasteiger partial charge in [-0.3, -0.25) is 4.79 Å². The van der Waals surface area contributed by atoms with E-state index in [1.807, 2.05) is 6.07 Å². The number of pyridine rings is 1. The van der Waals surface area contributed by atoms with Crippen LogP contribution in [0.1, 0.15) is 24.4 Å². The van der Waals surface area contributed by atoms with Crippen molar-refractivity contribution in [3.8, 4) is 0 Å². The molecule has 1 N–H and O–H groups in total. The van der Waals surface area contributed by atoms with Crippen LogP contribution in [0.5, 0.6) is 0 Å². The molecule has 4 nitrogen and oxygen atoms in total. The number of hydrogen-bond acceptors (Lipinski definition) is 2. The molecule has 1 amide bonds. The SMILES string of the molecule is O=C1CCC(c2ccc[n+]([O-])c2)N1. The summed E-state index contributed by atoms with van der Waals surface area (Å²) in [6, 6.07) is 3.56. The first-order valence-electron chi connectivity index (χ1n) is 4.24. The Kier molecular flexibility index (Phi) is 1.88. The van der Waals surface area contributed by atoms with Crippen LogP contribution in [0.15, 0.2) is 24.5 Å². The van der Waals surface area contributed by atoms with Gasteiger partial charge in [0.25, 0.3) is 0 Å². The van der Waals surface area contributed by atoms with Crippen LogP contribution in [-0.4, -0.2) is 5.91 Å². The summed E-state index contributed by atoms with van der Waals surface area (Å²) in [5, 5.41) is 13.7. The molecule has 1 aliphatic rings. The Labute approximate surface area is 75.8 Å². The lowest BCUT2D eigenvalue weighted by atomic mass is 10.1. The zero-order chi connectivity index (χ0) is 9.26. The largest absolute Gasteiger partial charge is 0.619 e. The molecule has 1 aromatic heterocycles. The van der Waals surface area contributed by atoms with Gasteiger partial charge in [0.15, 0.2) is 12.4 Å². The number of carbonyl (C=O) groups excluding carboxylic acids is 1. The summed E-state index contributed by atoms with van der Waals surface area (Å²) in [6.07, 6.45) is 4.26. The van der Waals surface area contributed by atoms with Gasteiger partial charge in [0.05, 0.1) is 6.04 Å². The third-order valence-corrected chi connectivity index (χ3v) is 2.20. The molecule has 1 aliphatic heterocycles. The second-order valence-corrected chi connectivity index (χ2v) is 3.16. The molecule has 13 heavy (non-hydrogen) atoms. The van der Waals surface area contributed by atoms with Crippen molar-refractivity contribution in [1.29, 1.82) is 0 Å². The number of amides is 1. The van der Waals surface area contributed by atoms with E-state index in [2.05, 4.69) is 5.32 Å². The molecule has 2 heterocycles. The van der Waals surface area contributed by atoms with E-state index in [1.165, 1.54) is 12.4 Å². The summed E-state index contributed by atoms with van der Waals surface area (Å²) >= 11 is 0. The Balaban J connectivity index is 2.21. The Morgan fingerprint density at radius 2 is 2.46 bits per heavy atom. The quantitative estimate of drug-likeness (QED) is 0.495. The minimum atomic E-state index is 0.0221. The van der Waals surface area contributed by atoms with Gasteiger partial charge in [-0.25, -0.2) is 0 Å². The van der Waals surface area contributed by atoms with Crippen molar-refractivity contribution in [1.82, 2.24) is 5.32 Å². The Morgan fingerprint density at radius 1 is 1.62 bits per heavy atom. The smallest absolute Gasteiger partial charge is 0.220 e. The van der Waals surface area contributed by atoms with Gasteiger partial charge in [-0.1, -0.05) is 0 Å². The van der Waals surface area contributed by atoms with Crippen LogP contribution in [0.3, 0.4) is 0 Å². The molecule has 1 aromatic rings. The first-order chi connectivity index (χ1) is 6.25. The van der Waals surface area contributed by atoms with Crippen molar-refractivity contribution in [2.75, 3.05) is 0 Å². The number of aromatic nitrogens is 1. The first kappa shape index (κ1) is 8.04. The van der Waals surface area contributed by atoms with Crippen LogP contribution in [0.2, 0.25) is 0 Å². The van der Waals surface area contributed by atoms with Crippen molar-refractivity contribution in [2.24, 2.45) is 0 Å². The maximum absolute atomic E-state index is 10.9. The molecule has 1 unspecified atom stereocenters. The summed E-state index contributed by atoms with van der Waals surface area (Å²) < 4.78 is 0.750. The van der Waals surface area contributed by atoms with Crippen LogP contribution in [0, 0.1) is 5.21 Å². The normalized spacial score (nSPS) is 21.5. The van der Waals surface area contributed by atoms with Crippen LogP contribution >= 0.6 is 0 Å². The van der Waals surface area contributed by atoms with E-state index in [0.29, 0.717) is 6.42 Å². The van der Waals surface area contributed by atoms with E-state index in [9.17, 15) is 10.0 Å². The number of nitrogens with zero attached hydrogens (tertiary/aromatic N) is 1. The van der Waals surface area contributed by atoms with E-state index >= 15 is 0 Å². The molecule has 0 aromatic carbocycles. The van der Waals surface area contributed by atoms with Crippen molar-refractivity contribution in [2.45, 2.75) is 18.9 Å². The Hall–Kier alpha value is -1.58. The summed E-state index contributed by atoms with van der Waals surface area (Å²) in [4.78, 5) is 10.9. The molecule has 0 bridgehead atoms. The highest BCUT2D eigenvalue weighted by Gasteiger charge is 2.23. The molecule has 0 spiro atoms. The second-order valence-electron chi connectivity index (χ2n) is 3.16. The molecule has 1 fully saturated rings. The third-order valence-electron chi connectivity index (χ3n) is 2.20. The summed E-state index contributed by atoms with van der Waals surface area (Å²) in [6.45, 7) is 0. The van der Waals surface area contributed by atoms with Crippen LogP contribution in [0.25, 0.3) is 0 Å². The summed E-state index contributed by atoms with van der Waals surface area (Å²) in [7, 11) is 0. The predicted octanol–water partition coefficient (Wildman–Crippen LogP) is 0.271. The fourth-order valence-corrected chi connectivity index (χ4v) is 1.54. The van der Waals surface area contributed by atoms with Crippen LogP contribution in [0.4, 0.5) is 0 Å². The molecule has 1 atom stereocenters. The highest BCUT2D eigenvalue weighted by Crippen LogP contribution is 2.21. The minimum absolute atomic E-state index is 0.0221. The van der Waals surface area contributed by atoms with E-state index in [1.54, 1.807) is 6.07 Å². The van der Waals surface area contributed by atoms with Gasteiger partial charge in [0.2, 0.25) is 5.91 Å². The molecule has 2 rings (SSSR count). The summed E-state index contributed by atoms with van der Waals surface area (Å²) in [5.74, 6) is 0.0614. The maximum Gasteiger partial charge on any atom is 0.220 e. The van der Waals surface area contributed by atoms with Crippen LogP contribution in [-0.2, 0) is 4.79 Å². The fourth-order valence-electron chi connectivity index (χ4n) is 1.54. The molecule has 0 radical (unpaired) electrons. The van der Waals surface area contributed by atoms with E-state index in [-0.39, 0.29) is 11.9 Å². The van der Waals surface area contributed by atoms with Crippen molar-refractivity contribution >= 4 is 5.91 Å². The zero-order valence-electron chi connectivity index (χ0n) is 7.06. The first-order valence-corrected chi connectivity index (χ1v) is 4.24. The van der Waals surface area contributed by atoms with Crippen LogP contribution < -0.4 is 10.0 Å². The molecular formula is C9H10N2O2. The molecule has 1 saturated heterocycles. The molecule has 68 valence electrons. The highest BCUT2D eigenvalue weighted by atomic mass is 16.5. The molecule has 0 saturated carbocycles. The number of nitrogens with one attached hydrogen (secondary N) is 1. The lowest BCUT2D eigenvalue weighted by molar-refractivity contribution is -0.606. The number of hydrogen-bond donors (Lipinski definition) is 1. The fraction of sp³-hybridized carbons (Fsp3) is 0.333. The average molecular weight is 178 g/mol. The number of rotatable bonds is 1. The van der Waals surface area contributed by atoms with Gasteiger partial charge in [-0.2, -0.15) is 4.73 Å². The van der Waals surface area contributed by atoms with Gasteiger partial charge in [0.1, 0.15) is 0 Å². The van der Waals surface area contributed by atoms with Crippen molar-refractivity contribution in [3.63, 3.8) is 0 Å². The maximum atomic E-state index is 10.9. The molecular weight excluding hydrogens is 168 g/mol.